The first-order valence-electron chi connectivity index (χ1n) is 5.18. The summed E-state index contributed by atoms with van der Waals surface area (Å²) < 4.78 is 0. The minimum absolute atomic E-state index is 0.0618. The predicted molar refractivity (Wildman–Crippen MR) is 61.7 cm³/mol. The van der Waals surface area contributed by atoms with E-state index in [1.807, 2.05) is 18.2 Å². The topological polar surface area (TPSA) is 55.1 Å². The monoisotopic (exact) mass is 206 g/mol. The second-order valence-electron chi connectivity index (χ2n) is 3.78. The molecule has 3 N–H and O–H groups in total. The van der Waals surface area contributed by atoms with Gasteiger partial charge in [-0.05, 0) is 18.9 Å². The molecular formula is C12H18N2O. The lowest BCUT2D eigenvalue weighted by Crippen LogP contribution is -2.37. The zero-order valence-corrected chi connectivity index (χ0v) is 9.07. The first kappa shape index (κ1) is 11.9. The molecule has 3 heteroatoms. The van der Waals surface area contributed by atoms with Crippen molar-refractivity contribution < 1.29 is 4.79 Å². The number of ketones is 1. The summed E-state index contributed by atoms with van der Waals surface area (Å²) in [5, 5.41) is 3.03. The van der Waals surface area contributed by atoms with Crippen molar-refractivity contribution in [1.29, 1.82) is 0 Å². The summed E-state index contributed by atoms with van der Waals surface area (Å²) >= 11 is 0. The van der Waals surface area contributed by atoms with Crippen molar-refractivity contribution in [2.24, 2.45) is 5.73 Å². The largest absolute Gasteiger partial charge is 0.326 e. The number of benzene rings is 1. The van der Waals surface area contributed by atoms with Crippen molar-refractivity contribution >= 4 is 5.78 Å². The van der Waals surface area contributed by atoms with Crippen LogP contribution in [0.15, 0.2) is 30.3 Å². The molecule has 1 aromatic carbocycles. The van der Waals surface area contributed by atoms with E-state index in [2.05, 4.69) is 17.4 Å². The number of hydrogen-bond donors (Lipinski definition) is 2. The van der Waals surface area contributed by atoms with Crippen LogP contribution in [0.5, 0.6) is 0 Å². The molecular weight excluding hydrogens is 188 g/mol. The van der Waals surface area contributed by atoms with Crippen molar-refractivity contribution in [2.45, 2.75) is 19.4 Å². The number of nitrogens with two attached hydrogens (primary N) is 1. The standard InChI is InChI=1S/C12H18N2O/c1-10(15)8-14-9-12(13)7-11-5-3-2-4-6-11/h2-6,12,14H,7-9,13H2,1H3/t12-/m0/s1. The SMILES string of the molecule is CC(=O)CNC[C@@H](N)Cc1ccccc1. The maximum atomic E-state index is 10.7. The van der Waals surface area contributed by atoms with Crippen LogP contribution in [-0.4, -0.2) is 24.9 Å². The molecule has 0 spiro atoms. The summed E-state index contributed by atoms with van der Waals surface area (Å²) in [7, 11) is 0. The Morgan fingerprint density at radius 3 is 2.67 bits per heavy atom. The van der Waals surface area contributed by atoms with Gasteiger partial charge >= 0.3 is 0 Å². The Hall–Kier alpha value is -1.19. The number of Topliss-reactive ketones (excluding diaryl/α,β-unsaturated/α-hetero) is 1. The molecule has 0 radical (unpaired) electrons. The molecule has 0 saturated heterocycles. The van der Waals surface area contributed by atoms with Crippen LogP contribution in [0.3, 0.4) is 0 Å². The van der Waals surface area contributed by atoms with Crippen LogP contribution in [0.2, 0.25) is 0 Å². The number of carbonyl (C=O) groups excluding carboxylic acids is 1. The van der Waals surface area contributed by atoms with Gasteiger partial charge in [-0.2, -0.15) is 0 Å². The maximum absolute atomic E-state index is 10.7. The smallest absolute Gasteiger partial charge is 0.143 e. The Morgan fingerprint density at radius 2 is 2.07 bits per heavy atom. The fraction of sp³-hybridized carbons (Fsp3) is 0.417. The Bertz CT molecular complexity index is 298. The summed E-state index contributed by atoms with van der Waals surface area (Å²) in [4.78, 5) is 10.7. The third-order valence-electron chi connectivity index (χ3n) is 2.12. The number of carbonyl (C=O) groups is 1. The molecule has 0 aliphatic rings. The lowest BCUT2D eigenvalue weighted by molar-refractivity contribution is -0.116. The fourth-order valence-corrected chi connectivity index (χ4v) is 1.42. The number of nitrogens with one attached hydrogen (secondary N) is 1. The van der Waals surface area contributed by atoms with Crippen molar-refractivity contribution in [3.8, 4) is 0 Å². The highest BCUT2D eigenvalue weighted by Crippen LogP contribution is 2.00. The van der Waals surface area contributed by atoms with Crippen molar-refractivity contribution in [3.63, 3.8) is 0 Å². The fourth-order valence-electron chi connectivity index (χ4n) is 1.42. The van der Waals surface area contributed by atoms with E-state index in [1.165, 1.54) is 5.56 Å². The summed E-state index contributed by atoms with van der Waals surface area (Å²) in [6, 6.07) is 10.2. The molecule has 82 valence electrons. The van der Waals surface area contributed by atoms with Crippen LogP contribution in [0, 0.1) is 0 Å². The predicted octanol–water partition coefficient (Wildman–Crippen LogP) is 0.735. The van der Waals surface area contributed by atoms with Crippen LogP contribution in [0.25, 0.3) is 0 Å². The van der Waals surface area contributed by atoms with Crippen molar-refractivity contribution in [2.75, 3.05) is 13.1 Å². The van der Waals surface area contributed by atoms with Gasteiger partial charge in [0.2, 0.25) is 0 Å². The van der Waals surface area contributed by atoms with E-state index < -0.39 is 0 Å². The van der Waals surface area contributed by atoms with Crippen LogP contribution < -0.4 is 11.1 Å². The molecule has 15 heavy (non-hydrogen) atoms. The highest BCUT2D eigenvalue weighted by molar-refractivity contribution is 5.77. The number of hydrogen-bond acceptors (Lipinski definition) is 3. The molecule has 0 saturated carbocycles. The molecule has 0 aromatic heterocycles. The summed E-state index contributed by atoms with van der Waals surface area (Å²) in [6.45, 7) is 2.65. The van der Waals surface area contributed by atoms with E-state index in [9.17, 15) is 4.79 Å². The minimum atomic E-state index is 0.0618. The van der Waals surface area contributed by atoms with Crippen molar-refractivity contribution in [3.05, 3.63) is 35.9 Å². The van der Waals surface area contributed by atoms with E-state index in [0.717, 1.165) is 6.42 Å². The highest BCUT2D eigenvalue weighted by atomic mass is 16.1. The first-order chi connectivity index (χ1) is 7.18. The molecule has 0 unspecified atom stereocenters. The Kier molecular flexibility index (Phi) is 5.01. The molecule has 3 nitrogen and oxygen atoms in total. The lowest BCUT2D eigenvalue weighted by atomic mass is 10.1. The third-order valence-corrected chi connectivity index (χ3v) is 2.12. The van der Waals surface area contributed by atoms with Gasteiger partial charge in [0.05, 0.1) is 6.54 Å². The Balaban J connectivity index is 2.24. The quantitative estimate of drug-likeness (QED) is 0.721. The molecule has 0 heterocycles. The average molecular weight is 206 g/mol. The summed E-state index contributed by atoms with van der Waals surface area (Å²) in [5.41, 5.74) is 7.15. The van der Waals surface area contributed by atoms with E-state index in [1.54, 1.807) is 6.92 Å². The van der Waals surface area contributed by atoms with Crippen molar-refractivity contribution in [1.82, 2.24) is 5.32 Å². The Morgan fingerprint density at radius 1 is 1.40 bits per heavy atom. The lowest BCUT2D eigenvalue weighted by Gasteiger charge is -2.11. The van der Waals surface area contributed by atoms with E-state index in [0.29, 0.717) is 13.1 Å². The van der Waals surface area contributed by atoms with E-state index in [-0.39, 0.29) is 11.8 Å². The first-order valence-corrected chi connectivity index (χ1v) is 5.18. The number of rotatable bonds is 6. The van der Waals surface area contributed by atoms with Gasteiger partial charge in [-0.3, -0.25) is 4.79 Å². The minimum Gasteiger partial charge on any atom is -0.326 e. The molecule has 0 aliphatic heterocycles. The summed E-state index contributed by atoms with van der Waals surface area (Å²) in [5.74, 6) is 0.141. The van der Waals surface area contributed by atoms with Gasteiger partial charge in [-0.15, -0.1) is 0 Å². The average Bonchev–Trinajstić information content (AvgIpc) is 2.18. The molecule has 0 amide bonds. The third kappa shape index (κ3) is 5.30. The zero-order chi connectivity index (χ0) is 11.1. The Labute approximate surface area is 90.7 Å². The van der Waals surface area contributed by atoms with Crippen LogP contribution >= 0.6 is 0 Å². The van der Waals surface area contributed by atoms with Crippen LogP contribution in [0.4, 0.5) is 0 Å². The van der Waals surface area contributed by atoms with Gasteiger partial charge in [0, 0.05) is 12.6 Å². The normalized spacial score (nSPS) is 12.4. The van der Waals surface area contributed by atoms with E-state index >= 15 is 0 Å². The molecule has 0 fully saturated rings. The van der Waals surface area contributed by atoms with Gasteiger partial charge in [0.25, 0.3) is 0 Å². The summed E-state index contributed by atoms with van der Waals surface area (Å²) in [6.07, 6.45) is 0.839. The van der Waals surface area contributed by atoms with Gasteiger partial charge in [-0.1, -0.05) is 30.3 Å². The van der Waals surface area contributed by atoms with Gasteiger partial charge in [0.15, 0.2) is 0 Å². The van der Waals surface area contributed by atoms with Crippen LogP contribution in [0.1, 0.15) is 12.5 Å². The molecule has 0 aliphatic carbocycles. The van der Waals surface area contributed by atoms with E-state index in [4.69, 9.17) is 5.73 Å². The second kappa shape index (κ2) is 6.32. The molecule has 1 rings (SSSR count). The van der Waals surface area contributed by atoms with Gasteiger partial charge in [-0.25, -0.2) is 0 Å². The highest BCUT2D eigenvalue weighted by Gasteiger charge is 2.03. The zero-order valence-electron chi connectivity index (χ0n) is 9.07. The molecule has 0 bridgehead atoms. The van der Waals surface area contributed by atoms with Crippen LogP contribution in [-0.2, 0) is 11.2 Å². The molecule has 1 aromatic rings. The van der Waals surface area contributed by atoms with Gasteiger partial charge < -0.3 is 11.1 Å². The second-order valence-corrected chi connectivity index (χ2v) is 3.78. The maximum Gasteiger partial charge on any atom is 0.143 e. The van der Waals surface area contributed by atoms with Gasteiger partial charge in [0.1, 0.15) is 5.78 Å². The molecule has 1 atom stereocenters.